The van der Waals surface area contributed by atoms with E-state index in [4.69, 9.17) is 4.42 Å². The molecule has 2 aromatic rings. The average molecular weight is 370 g/mol. The van der Waals surface area contributed by atoms with Crippen LogP contribution >= 0.6 is 0 Å². The van der Waals surface area contributed by atoms with Gasteiger partial charge in [0.25, 0.3) is 0 Å². The number of carboxylic acid groups (broad SMARTS) is 1. The van der Waals surface area contributed by atoms with E-state index in [1.165, 1.54) is 0 Å². The number of benzene rings is 1. The number of rotatable bonds is 7. The second-order valence-corrected chi connectivity index (χ2v) is 7.19. The molecule has 0 spiro atoms. The molecule has 1 aliphatic rings. The van der Waals surface area contributed by atoms with E-state index in [9.17, 15) is 14.7 Å². The second kappa shape index (κ2) is 8.84. The summed E-state index contributed by atoms with van der Waals surface area (Å²) in [4.78, 5) is 28.3. The number of nitrogens with zero attached hydrogens (tertiary/aromatic N) is 1. The Kier molecular flexibility index (Phi) is 6.27. The van der Waals surface area contributed by atoms with Crippen LogP contribution in [0.5, 0.6) is 0 Å². The number of aromatic nitrogens is 1. The molecular weight excluding hydrogens is 344 g/mol. The predicted molar refractivity (Wildman–Crippen MR) is 101 cm³/mol. The first kappa shape index (κ1) is 19.1. The average Bonchev–Trinajstić information content (AvgIpc) is 3.01. The van der Waals surface area contributed by atoms with Crippen LogP contribution in [0.25, 0.3) is 11.3 Å². The zero-order chi connectivity index (χ0) is 19.1. The van der Waals surface area contributed by atoms with E-state index in [1.54, 1.807) is 6.20 Å². The number of oxazole rings is 1. The molecule has 1 saturated carbocycles. The van der Waals surface area contributed by atoms with Crippen LogP contribution in [0.15, 0.2) is 40.9 Å². The van der Waals surface area contributed by atoms with E-state index in [-0.39, 0.29) is 12.3 Å². The maximum atomic E-state index is 12.3. The van der Waals surface area contributed by atoms with Crippen LogP contribution in [0.2, 0.25) is 0 Å². The number of carbonyl (C=O) groups is 2. The van der Waals surface area contributed by atoms with E-state index in [2.05, 4.69) is 10.3 Å². The molecule has 1 aromatic carbocycles. The number of carbonyl (C=O) groups excluding carboxylic acids is 1. The van der Waals surface area contributed by atoms with E-state index in [1.807, 2.05) is 30.3 Å². The van der Waals surface area contributed by atoms with Gasteiger partial charge in [0.05, 0.1) is 6.20 Å². The third-order valence-electron chi connectivity index (χ3n) is 5.15. The minimum atomic E-state index is -1.10. The Hall–Kier alpha value is -2.63. The number of nitrogens with one attached hydrogen (secondary N) is 1. The van der Waals surface area contributed by atoms with Gasteiger partial charge in [0, 0.05) is 18.4 Å². The van der Waals surface area contributed by atoms with Gasteiger partial charge in [-0.3, -0.25) is 4.79 Å². The third-order valence-corrected chi connectivity index (χ3v) is 5.15. The first-order valence-electron chi connectivity index (χ1n) is 9.64. The van der Waals surface area contributed by atoms with Crippen molar-refractivity contribution in [2.75, 3.05) is 0 Å². The van der Waals surface area contributed by atoms with Gasteiger partial charge in [-0.1, -0.05) is 56.0 Å². The van der Waals surface area contributed by atoms with E-state index in [0.29, 0.717) is 37.3 Å². The van der Waals surface area contributed by atoms with Gasteiger partial charge in [0.15, 0.2) is 11.7 Å². The van der Waals surface area contributed by atoms with Gasteiger partial charge < -0.3 is 14.8 Å². The quantitative estimate of drug-likeness (QED) is 0.720. The summed E-state index contributed by atoms with van der Waals surface area (Å²) in [6.45, 7) is 0. The van der Waals surface area contributed by atoms with Gasteiger partial charge in [-0.25, -0.2) is 9.78 Å². The Bertz CT molecular complexity index is 761. The summed E-state index contributed by atoms with van der Waals surface area (Å²) in [5.74, 6) is 0.162. The molecule has 1 amide bonds. The van der Waals surface area contributed by atoms with Gasteiger partial charge in [-0.15, -0.1) is 0 Å². The number of carboxylic acids is 1. The van der Waals surface area contributed by atoms with Crippen molar-refractivity contribution in [1.82, 2.24) is 10.3 Å². The van der Waals surface area contributed by atoms with Crippen LogP contribution in [-0.4, -0.2) is 27.5 Å². The minimum absolute atomic E-state index is 0.214. The van der Waals surface area contributed by atoms with Gasteiger partial charge in [-0.2, -0.15) is 0 Å². The molecule has 1 heterocycles. The van der Waals surface area contributed by atoms with Crippen molar-refractivity contribution in [2.24, 2.45) is 0 Å². The lowest BCUT2D eigenvalue weighted by atomic mass is 9.90. The highest BCUT2D eigenvalue weighted by molar-refractivity contribution is 5.87. The van der Waals surface area contributed by atoms with Crippen LogP contribution in [-0.2, 0) is 16.0 Å². The molecular formula is C21H26N2O4. The molecule has 27 heavy (non-hydrogen) atoms. The Morgan fingerprint density at radius 2 is 1.81 bits per heavy atom. The number of aryl methyl sites for hydroxylation is 1. The monoisotopic (exact) mass is 370 g/mol. The van der Waals surface area contributed by atoms with Crippen LogP contribution < -0.4 is 5.32 Å². The lowest BCUT2D eigenvalue weighted by molar-refractivity contribution is -0.148. The predicted octanol–water partition coefficient (Wildman–Crippen LogP) is 3.96. The number of aliphatic carboxylic acids is 1. The molecule has 144 valence electrons. The number of amides is 1. The number of hydrogen-bond donors (Lipinski definition) is 2. The van der Waals surface area contributed by atoms with Gasteiger partial charge in [-0.05, 0) is 19.3 Å². The maximum absolute atomic E-state index is 12.3. The molecule has 0 bridgehead atoms. The fourth-order valence-corrected chi connectivity index (χ4v) is 3.62. The van der Waals surface area contributed by atoms with Crippen molar-refractivity contribution in [2.45, 2.75) is 63.3 Å². The van der Waals surface area contributed by atoms with Crippen LogP contribution in [0.3, 0.4) is 0 Å². The summed E-state index contributed by atoms with van der Waals surface area (Å²) >= 11 is 0. The van der Waals surface area contributed by atoms with E-state index >= 15 is 0 Å². The molecule has 6 heteroatoms. The van der Waals surface area contributed by atoms with Gasteiger partial charge in [0.1, 0.15) is 5.54 Å². The number of hydrogen-bond acceptors (Lipinski definition) is 4. The fraction of sp³-hybridized carbons (Fsp3) is 0.476. The molecule has 2 N–H and O–H groups in total. The molecule has 3 rings (SSSR count). The largest absolute Gasteiger partial charge is 0.480 e. The van der Waals surface area contributed by atoms with Crippen molar-refractivity contribution in [3.8, 4) is 11.3 Å². The van der Waals surface area contributed by atoms with Crippen molar-refractivity contribution in [3.05, 3.63) is 42.4 Å². The standard InChI is InChI=1S/C21H26N2O4/c24-18(23-21(20(25)26)13-6-1-2-7-14-21)11-8-12-19-22-15-17(27-19)16-9-4-3-5-10-16/h3-5,9-10,15H,1-2,6-8,11-14H2,(H,23,24)(H,25,26). The molecule has 1 aromatic heterocycles. The Morgan fingerprint density at radius 1 is 1.11 bits per heavy atom. The highest BCUT2D eigenvalue weighted by Gasteiger charge is 2.39. The molecule has 1 aliphatic carbocycles. The Balaban J connectivity index is 1.50. The Morgan fingerprint density at radius 3 is 2.48 bits per heavy atom. The molecule has 0 saturated heterocycles. The summed E-state index contributed by atoms with van der Waals surface area (Å²) in [7, 11) is 0. The second-order valence-electron chi connectivity index (χ2n) is 7.19. The topological polar surface area (TPSA) is 92.4 Å². The zero-order valence-electron chi connectivity index (χ0n) is 15.4. The van der Waals surface area contributed by atoms with Crippen LogP contribution in [0, 0.1) is 0 Å². The summed E-state index contributed by atoms with van der Waals surface area (Å²) < 4.78 is 5.74. The minimum Gasteiger partial charge on any atom is -0.480 e. The third kappa shape index (κ3) is 4.96. The molecule has 6 nitrogen and oxygen atoms in total. The van der Waals surface area contributed by atoms with Gasteiger partial charge in [0.2, 0.25) is 5.91 Å². The summed E-state index contributed by atoms with van der Waals surface area (Å²) in [5.41, 5.74) is -0.137. The summed E-state index contributed by atoms with van der Waals surface area (Å²) in [5, 5.41) is 12.4. The lowest BCUT2D eigenvalue weighted by Crippen LogP contribution is -2.54. The normalized spacial score (nSPS) is 16.4. The van der Waals surface area contributed by atoms with Crippen molar-refractivity contribution in [3.63, 3.8) is 0 Å². The molecule has 0 aliphatic heterocycles. The van der Waals surface area contributed by atoms with Crippen molar-refractivity contribution >= 4 is 11.9 Å². The van der Waals surface area contributed by atoms with Gasteiger partial charge >= 0.3 is 5.97 Å². The van der Waals surface area contributed by atoms with Crippen LogP contribution in [0.4, 0.5) is 0 Å². The highest BCUT2D eigenvalue weighted by atomic mass is 16.4. The molecule has 1 fully saturated rings. The van der Waals surface area contributed by atoms with E-state index < -0.39 is 11.5 Å². The zero-order valence-corrected chi connectivity index (χ0v) is 15.4. The fourth-order valence-electron chi connectivity index (χ4n) is 3.62. The van der Waals surface area contributed by atoms with Crippen molar-refractivity contribution in [1.29, 1.82) is 0 Å². The maximum Gasteiger partial charge on any atom is 0.329 e. The molecule has 0 unspecified atom stereocenters. The van der Waals surface area contributed by atoms with Crippen LogP contribution in [0.1, 0.15) is 57.3 Å². The SMILES string of the molecule is O=C(CCCc1ncc(-c2ccccc2)o1)NC1(C(=O)O)CCCCCC1. The first-order valence-corrected chi connectivity index (χ1v) is 9.64. The Labute approximate surface area is 159 Å². The molecule has 0 atom stereocenters. The first-order chi connectivity index (χ1) is 13.1. The summed E-state index contributed by atoms with van der Waals surface area (Å²) in [6.07, 6.45) is 7.81. The molecule has 0 radical (unpaired) electrons. The smallest absolute Gasteiger partial charge is 0.329 e. The highest BCUT2D eigenvalue weighted by Crippen LogP contribution is 2.28. The summed E-state index contributed by atoms with van der Waals surface area (Å²) in [6, 6.07) is 9.73. The lowest BCUT2D eigenvalue weighted by Gasteiger charge is -2.29. The van der Waals surface area contributed by atoms with E-state index in [0.717, 1.165) is 31.2 Å². The van der Waals surface area contributed by atoms with Crippen molar-refractivity contribution < 1.29 is 19.1 Å².